The topological polar surface area (TPSA) is 107 Å². The van der Waals surface area contributed by atoms with Gasteiger partial charge in [0.15, 0.2) is 0 Å². The van der Waals surface area contributed by atoms with Crippen molar-refractivity contribution >= 4 is 11.9 Å². The largest absolute Gasteiger partial charge is 0.480 e. The van der Waals surface area contributed by atoms with Gasteiger partial charge in [-0.05, 0) is 12.5 Å². The van der Waals surface area contributed by atoms with Gasteiger partial charge in [-0.1, -0.05) is 0 Å². The summed E-state index contributed by atoms with van der Waals surface area (Å²) in [5.41, 5.74) is -1.81. The predicted octanol–water partition coefficient (Wildman–Crippen LogP) is 0.242. The Bertz CT molecular complexity index is 718. The quantitative estimate of drug-likeness (QED) is 0.735. The average Bonchev–Trinajstić information content (AvgIpc) is 2.55. The standard InChI is InChI=1S/C15H17F3N2O6/c16-15(17,18)9-1-2-13(22)20(5-9)6-12(21)19-10-7-25-4-3-11(10)26-8-14(23)24/h1-2,5,10-11H,3-4,6-8H2,(H,19,21)(H,23,24)/t10-,11+/m1/s1. The van der Waals surface area contributed by atoms with Crippen LogP contribution in [-0.4, -0.2) is 53.5 Å². The average molecular weight is 378 g/mol. The fourth-order valence-electron chi connectivity index (χ4n) is 2.46. The highest BCUT2D eigenvalue weighted by Gasteiger charge is 2.32. The van der Waals surface area contributed by atoms with Crippen LogP contribution in [0.1, 0.15) is 12.0 Å². The molecule has 0 radical (unpaired) electrons. The summed E-state index contributed by atoms with van der Waals surface area (Å²) in [7, 11) is 0. The number of carboxylic acids is 1. The van der Waals surface area contributed by atoms with Gasteiger partial charge in [-0.2, -0.15) is 13.2 Å². The first kappa shape index (κ1) is 19.9. The Morgan fingerprint density at radius 2 is 2.12 bits per heavy atom. The van der Waals surface area contributed by atoms with Gasteiger partial charge in [-0.25, -0.2) is 4.79 Å². The summed E-state index contributed by atoms with van der Waals surface area (Å²) in [5, 5.41) is 11.2. The van der Waals surface area contributed by atoms with E-state index in [2.05, 4.69) is 5.32 Å². The van der Waals surface area contributed by atoms with Crippen LogP contribution in [0.5, 0.6) is 0 Å². The van der Waals surface area contributed by atoms with Crippen molar-refractivity contribution in [1.82, 2.24) is 9.88 Å². The van der Waals surface area contributed by atoms with E-state index in [4.69, 9.17) is 14.6 Å². The van der Waals surface area contributed by atoms with E-state index < -0.39 is 54.5 Å². The van der Waals surface area contributed by atoms with Gasteiger partial charge in [-0.15, -0.1) is 0 Å². The minimum atomic E-state index is -4.64. The fraction of sp³-hybridized carbons (Fsp3) is 0.533. The number of ether oxygens (including phenoxy) is 2. The van der Waals surface area contributed by atoms with Crippen LogP contribution in [0.4, 0.5) is 13.2 Å². The monoisotopic (exact) mass is 378 g/mol. The second-order valence-electron chi connectivity index (χ2n) is 5.66. The van der Waals surface area contributed by atoms with Crippen LogP contribution < -0.4 is 10.9 Å². The van der Waals surface area contributed by atoms with E-state index in [0.29, 0.717) is 29.9 Å². The molecule has 2 atom stereocenters. The van der Waals surface area contributed by atoms with Gasteiger partial charge in [0.05, 0.1) is 24.3 Å². The summed E-state index contributed by atoms with van der Waals surface area (Å²) in [4.78, 5) is 34.4. The van der Waals surface area contributed by atoms with Gasteiger partial charge >= 0.3 is 12.1 Å². The van der Waals surface area contributed by atoms with E-state index in [1.54, 1.807) is 0 Å². The third-order valence-corrected chi connectivity index (χ3v) is 3.68. The van der Waals surface area contributed by atoms with E-state index in [1.165, 1.54) is 0 Å². The van der Waals surface area contributed by atoms with Gasteiger partial charge in [0.2, 0.25) is 5.91 Å². The van der Waals surface area contributed by atoms with E-state index in [9.17, 15) is 27.6 Å². The molecule has 0 unspecified atom stereocenters. The number of aliphatic carboxylic acids is 1. The summed E-state index contributed by atoms with van der Waals surface area (Å²) in [6, 6.07) is 0.706. The normalized spacial score (nSPS) is 20.6. The lowest BCUT2D eigenvalue weighted by molar-refractivity contribution is -0.148. The number of hydrogen-bond donors (Lipinski definition) is 2. The molecule has 0 spiro atoms. The summed E-state index contributed by atoms with van der Waals surface area (Å²) >= 11 is 0. The van der Waals surface area contributed by atoms with Crippen molar-refractivity contribution in [1.29, 1.82) is 0 Å². The van der Waals surface area contributed by atoms with Crippen LogP contribution in [0.3, 0.4) is 0 Å². The van der Waals surface area contributed by atoms with Crippen molar-refractivity contribution in [2.24, 2.45) is 0 Å². The zero-order valence-electron chi connectivity index (χ0n) is 13.5. The predicted molar refractivity (Wildman–Crippen MR) is 80.4 cm³/mol. The molecule has 0 bridgehead atoms. The van der Waals surface area contributed by atoms with E-state index >= 15 is 0 Å². The van der Waals surface area contributed by atoms with Crippen LogP contribution in [-0.2, 0) is 31.8 Å². The van der Waals surface area contributed by atoms with E-state index in [1.807, 2.05) is 0 Å². The molecule has 1 saturated heterocycles. The number of alkyl halides is 3. The summed E-state index contributed by atoms with van der Waals surface area (Å²) in [5.74, 6) is -1.89. The number of carbonyl (C=O) groups excluding carboxylic acids is 1. The molecule has 1 amide bonds. The first-order valence-electron chi connectivity index (χ1n) is 7.65. The van der Waals surface area contributed by atoms with Gasteiger partial charge in [0.25, 0.3) is 5.56 Å². The second kappa shape index (κ2) is 8.32. The maximum absolute atomic E-state index is 12.7. The molecule has 1 aliphatic rings. The Morgan fingerprint density at radius 1 is 1.38 bits per heavy atom. The molecule has 2 N–H and O–H groups in total. The van der Waals surface area contributed by atoms with Crippen molar-refractivity contribution in [2.45, 2.75) is 31.3 Å². The number of nitrogens with zero attached hydrogens (tertiary/aromatic N) is 1. The molecular weight excluding hydrogens is 361 g/mol. The summed E-state index contributed by atoms with van der Waals surface area (Å²) in [6.45, 7) is -0.785. The lowest BCUT2D eigenvalue weighted by Crippen LogP contribution is -2.52. The van der Waals surface area contributed by atoms with Crippen molar-refractivity contribution in [3.63, 3.8) is 0 Å². The number of carboxylic acid groups (broad SMARTS) is 1. The van der Waals surface area contributed by atoms with Gasteiger partial charge < -0.3 is 24.5 Å². The summed E-state index contributed by atoms with van der Waals surface area (Å²) < 4.78 is 49.2. The van der Waals surface area contributed by atoms with Crippen molar-refractivity contribution in [2.75, 3.05) is 19.8 Å². The van der Waals surface area contributed by atoms with Crippen molar-refractivity contribution < 1.29 is 37.3 Å². The number of pyridine rings is 1. The number of nitrogens with one attached hydrogen (secondary N) is 1. The molecular formula is C15H17F3N2O6. The lowest BCUT2D eigenvalue weighted by atomic mass is 10.1. The molecule has 2 heterocycles. The Morgan fingerprint density at radius 3 is 2.77 bits per heavy atom. The molecule has 0 aliphatic carbocycles. The maximum Gasteiger partial charge on any atom is 0.417 e. The molecule has 144 valence electrons. The zero-order valence-corrected chi connectivity index (χ0v) is 13.5. The second-order valence-corrected chi connectivity index (χ2v) is 5.66. The molecule has 1 aromatic heterocycles. The number of amides is 1. The van der Waals surface area contributed by atoms with Gasteiger partial charge in [0.1, 0.15) is 13.2 Å². The minimum absolute atomic E-state index is 0.0630. The third-order valence-electron chi connectivity index (χ3n) is 3.68. The SMILES string of the molecule is O=C(O)CO[C@H]1CCOC[C@H]1NC(=O)Cn1cc(C(F)(F)F)ccc1=O. The molecule has 0 aromatic carbocycles. The van der Waals surface area contributed by atoms with Crippen LogP contribution >= 0.6 is 0 Å². The molecule has 1 aromatic rings. The third kappa shape index (κ3) is 5.56. The molecule has 1 aliphatic heterocycles. The molecule has 26 heavy (non-hydrogen) atoms. The highest BCUT2D eigenvalue weighted by Crippen LogP contribution is 2.27. The zero-order chi connectivity index (χ0) is 19.3. The highest BCUT2D eigenvalue weighted by atomic mass is 19.4. The molecule has 11 heteroatoms. The van der Waals surface area contributed by atoms with E-state index in [-0.39, 0.29) is 6.61 Å². The summed E-state index contributed by atoms with van der Waals surface area (Å²) in [6.07, 6.45) is -4.33. The fourth-order valence-corrected chi connectivity index (χ4v) is 2.46. The molecule has 0 saturated carbocycles. The maximum atomic E-state index is 12.7. The van der Waals surface area contributed by atoms with Crippen LogP contribution in [0, 0.1) is 0 Å². The number of halogens is 3. The van der Waals surface area contributed by atoms with Crippen molar-refractivity contribution in [3.05, 3.63) is 34.2 Å². The number of carbonyl (C=O) groups is 2. The Hall–Kier alpha value is -2.40. The van der Waals surface area contributed by atoms with E-state index in [0.717, 1.165) is 6.07 Å². The Labute approximate surface area is 145 Å². The smallest absolute Gasteiger partial charge is 0.417 e. The van der Waals surface area contributed by atoms with Crippen LogP contribution in [0.25, 0.3) is 0 Å². The van der Waals surface area contributed by atoms with Crippen LogP contribution in [0.15, 0.2) is 23.1 Å². The van der Waals surface area contributed by atoms with Gasteiger partial charge in [-0.3, -0.25) is 9.59 Å². The number of hydrogen-bond acceptors (Lipinski definition) is 5. The minimum Gasteiger partial charge on any atom is -0.480 e. The molecule has 8 nitrogen and oxygen atoms in total. The Balaban J connectivity index is 2.03. The number of aromatic nitrogens is 1. The molecule has 1 fully saturated rings. The number of rotatable bonds is 6. The first-order valence-corrected chi connectivity index (χ1v) is 7.65. The Kier molecular flexibility index (Phi) is 6.37. The van der Waals surface area contributed by atoms with Crippen LogP contribution in [0.2, 0.25) is 0 Å². The molecule has 2 rings (SSSR count). The first-order chi connectivity index (χ1) is 12.2. The van der Waals surface area contributed by atoms with Crippen molar-refractivity contribution in [3.8, 4) is 0 Å². The lowest BCUT2D eigenvalue weighted by Gasteiger charge is -2.31. The highest BCUT2D eigenvalue weighted by molar-refractivity contribution is 5.76. The van der Waals surface area contributed by atoms with Gasteiger partial charge in [0, 0.05) is 18.9 Å².